The summed E-state index contributed by atoms with van der Waals surface area (Å²) in [5.41, 5.74) is 4.08. The van der Waals surface area contributed by atoms with Gasteiger partial charge in [0.15, 0.2) is 0 Å². The fourth-order valence-electron chi connectivity index (χ4n) is 3.49. The number of carbonyl (C=O) groups excluding carboxylic acids is 1. The predicted molar refractivity (Wildman–Crippen MR) is 105 cm³/mol. The Morgan fingerprint density at radius 3 is 2.54 bits per heavy atom. The molecule has 3 aromatic rings. The average molecular weight is 346 g/mol. The topological polar surface area (TPSA) is 34.5 Å². The number of methoxy groups -OCH3 is 1. The van der Waals surface area contributed by atoms with E-state index in [1.165, 1.54) is 5.57 Å². The molecule has 26 heavy (non-hydrogen) atoms. The van der Waals surface area contributed by atoms with Gasteiger partial charge in [0.1, 0.15) is 5.75 Å². The van der Waals surface area contributed by atoms with Crippen molar-refractivity contribution in [1.82, 2.24) is 9.47 Å². The molecule has 0 amide bonds. The lowest BCUT2D eigenvalue weighted by Gasteiger charge is -2.21. The molecule has 0 saturated carbocycles. The van der Waals surface area contributed by atoms with Gasteiger partial charge < -0.3 is 9.64 Å². The van der Waals surface area contributed by atoms with Crippen molar-refractivity contribution in [3.63, 3.8) is 0 Å². The van der Waals surface area contributed by atoms with E-state index in [2.05, 4.69) is 24.1 Å². The maximum atomic E-state index is 13.1. The van der Waals surface area contributed by atoms with E-state index in [1.54, 1.807) is 11.7 Å². The van der Waals surface area contributed by atoms with Crippen LogP contribution in [-0.2, 0) is 0 Å². The van der Waals surface area contributed by atoms with Crippen LogP contribution in [0.4, 0.5) is 0 Å². The van der Waals surface area contributed by atoms with Crippen molar-refractivity contribution in [2.45, 2.75) is 6.42 Å². The van der Waals surface area contributed by atoms with E-state index in [0.717, 1.165) is 41.7 Å². The van der Waals surface area contributed by atoms with Gasteiger partial charge in [-0.25, -0.2) is 0 Å². The Hall–Kier alpha value is -2.85. The van der Waals surface area contributed by atoms with Crippen LogP contribution in [-0.4, -0.2) is 42.6 Å². The Morgan fingerprint density at radius 1 is 1.08 bits per heavy atom. The summed E-state index contributed by atoms with van der Waals surface area (Å²) >= 11 is 0. The highest BCUT2D eigenvalue weighted by Gasteiger charge is 2.19. The molecule has 2 aromatic carbocycles. The quantitative estimate of drug-likeness (QED) is 0.717. The maximum Gasteiger partial charge on any atom is 0.262 e. The number of para-hydroxylation sites is 1. The molecular weight excluding hydrogens is 324 g/mol. The first-order valence-corrected chi connectivity index (χ1v) is 8.84. The molecule has 0 spiro atoms. The summed E-state index contributed by atoms with van der Waals surface area (Å²) in [6, 6.07) is 15.4. The van der Waals surface area contributed by atoms with E-state index in [-0.39, 0.29) is 5.91 Å². The van der Waals surface area contributed by atoms with Crippen LogP contribution in [0.2, 0.25) is 0 Å². The molecule has 1 aromatic heterocycles. The fourth-order valence-corrected chi connectivity index (χ4v) is 3.49. The van der Waals surface area contributed by atoms with Gasteiger partial charge >= 0.3 is 0 Å². The van der Waals surface area contributed by atoms with Gasteiger partial charge in [0.2, 0.25) is 0 Å². The normalized spacial score (nSPS) is 15.1. The number of fused-ring (bicyclic) bond motifs is 1. The molecule has 2 heterocycles. The standard InChI is InChI=1S/C22H22N2O2/c1-23-13-11-16(12-14-23)20-15-24(21-6-4-3-5-19(20)21)22(25)17-7-9-18(26-2)10-8-17/h3-11,15H,12-14H2,1-2H3. The Kier molecular flexibility index (Phi) is 4.35. The SMILES string of the molecule is COc1ccc(C(=O)n2cc(C3=CCN(C)CC3)c3ccccc32)cc1. The van der Waals surface area contributed by atoms with E-state index in [1.807, 2.05) is 48.7 Å². The highest BCUT2D eigenvalue weighted by molar-refractivity contribution is 6.05. The van der Waals surface area contributed by atoms with Crippen molar-refractivity contribution in [2.24, 2.45) is 0 Å². The summed E-state index contributed by atoms with van der Waals surface area (Å²) in [6.45, 7) is 1.99. The van der Waals surface area contributed by atoms with Crippen molar-refractivity contribution in [2.75, 3.05) is 27.2 Å². The minimum absolute atomic E-state index is 0.0244. The molecule has 0 unspecified atom stereocenters. The summed E-state index contributed by atoms with van der Waals surface area (Å²) in [4.78, 5) is 15.4. The van der Waals surface area contributed by atoms with Gasteiger partial charge in [-0.05, 0) is 49.4 Å². The molecule has 1 aliphatic heterocycles. The second-order valence-corrected chi connectivity index (χ2v) is 6.71. The van der Waals surface area contributed by atoms with E-state index in [0.29, 0.717) is 5.56 Å². The number of nitrogens with zero attached hydrogens (tertiary/aromatic N) is 2. The summed E-state index contributed by atoms with van der Waals surface area (Å²) in [5.74, 6) is 0.722. The predicted octanol–water partition coefficient (Wildman–Crippen LogP) is 4.06. The van der Waals surface area contributed by atoms with E-state index in [9.17, 15) is 4.79 Å². The number of hydrogen-bond acceptors (Lipinski definition) is 3. The smallest absolute Gasteiger partial charge is 0.262 e. The van der Waals surface area contributed by atoms with Crippen molar-refractivity contribution in [3.05, 3.63) is 71.9 Å². The molecule has 0 radical (unpaired) electrons. The van der Waals surface area contributed by atoms with Crippen molar-refractivity contribution < 1.29 is 9.53 Å². The summed E-state index contributed by atoms with van der Waals surface area (Å²) in [5, 5.41) is 1.13. The lowest BCUT2D eigenvalue weighted by Crippen LogP contribution is -2.23. The Balaban J connectivity index is 1.79. The molecule has 0 N–H and O–H groups in total. The molecule has 0 bridgehead atoms. The van der Waals surface area contributed by atoms with E-state index < -0.39 is 0 Å². The number of likely N-dealkylation sites (N-methyl/N-ethyl adjacent to an activating group) is 1. The third kappa shape index (κ3) is 2.93. The van der Waals surface area contributed by atoms with Crippen LogP contribution in [0.1, 0.15) is 22.3 Å². The molecule has 0 saturated heterocycles. The molecule has 132 valence electrons. The zero-order valence-electron chi connectivity index (χ0n) is 15.1. The highest BCUT2D eigenvalue weighted by atomic mass is 16.5. The highest BCUT2D eigenvalue weighted by Crippen LogP contribution is 2.31. The number of ether oxygens (including phenoxy) is 1. The van der Waals surface area contributed by atoms with Gasteiger partial charge in [0.05, 0.1) is 12.6 Å². The third-order valence-corrected chi connectivity index (χ3v) is 5.03. The Bertz CT molecular complexity index is 983. The first-order chi connectivity index (χ1) is 12.7. The van der Waals surface area contributed by atoms with Crippen LogP contribution in [0.15, 0.2) is 60.8 Å². The Morgan fingerprint density at radius 2 is 1.85 bits per heavy atom. The van der Waals surface area contributed by atoms with Crippen molar-refractivity contribution in [3.8, 4) is 5.75 Å². The number of aromatic nitrogens is 1. The first-order valence-electron chi connectivity index (χ1n) is 8.84. The van der Waals surface area contributed by atoms with Crippen LogP contribution in [0.3, 0.4) is 0 Å². The molecule has 0 atom stereocenters. The molecule has 4 heteroatoms. The maximum absolute atomic E-state index is 13.1. The second kappa shape index (κ2) is 6.81. The summed E-state index contributed by atoms with van der Waals surface area (Å²) < 4.78 is 6.96. The lowest BCUT2D eigenvalue weighted by molar-refractivity contribution is 0.0965. The van der Waals surface area contributed by atoms with Gasteiger partial charge in [0.25, 0.3) is 5.91 Å². The van der Waals surface area contributed by atoms with E-state index in [4.69, 9.17) is 4.74 Å². The zero-order valence-corrected chi connectivity index (χ0v) is 15.1. The number of rotatable bonds is 3. The van der Waals surface area contributed by atoms with Crippen LogP contribution < -0.4 is 4.74 Å². The monoisotopic (exact) mass is 346 g/mol. The van der Waals surface area contributed by atoms with Gasteiger partial charge in [-0.15, -0.1) is 0 Å². The molecule has 4 rings (SSSR count). The zero-order chi connectivity index (χ0) is 18.1. The van der Waals surface area contributed by atoms with Crippen LogP contribution in [0.25, 0.3) is 16.5 Å². The molecule has 4 nitrogen and oxygen atoms in total. The number of hydrogen-bond donors (Lipinski definition) is 0. The molecule has 1 aliphatic rings. The largest absolute Gasteiger partial charge is 0.497 e. The fraction of sp³-hybridized carbons (Fsp3) is 0.227. The van der Waals surface area contributed by atoms with Crippen molar-refractivity contribution in [1.29, 1.82) is 0 Å². The van der Waals surface area contributed by atoms with E-state index >= 15 is 0 Å². The third-order valence-electron chi connectivity index (χ3n) is 5.03. The summed E-state index contributed by atoms with van der Waals surface area (Å²) in [6.07, 6.45) is 5.27. The van der Waals surface area contributed by atoms with Gasteiger partial charge in [-0.3, -0.25) is 9.36 Å². The second-order valence-electron chi connectivity index (χ2n) is 6.71. The van der Waals surface area contributed by atoms with Crippen molar-refractivity contribution >= 4 is 22.4 Å². The first kappa shape index (κ1) is 16.6. The number of benzene rings is 2. The van der Waals surface area contributed by atoms with Gasteiger partial charge in [-0.2, -0.15) is 0 Å². The minimum Gasteiger partial charge on any atom is -0.497 e. The van der Waals surface area contributed by atoms with Crippen LogP contribution >= 0.6 is 0 Å². The minimum atomic E-state index is -0.0244. The van der Waals surface area contributed by atoms with Crippen LogP contribution in [0, 0.1) is 0 Å². The number of carbonyl (C=O) groups is 1. The molecule has 0 fully saturated rings. The lowest BCUT2D eigenvalue weighted by atomic mass is 9.99. The Labute approximate surface area is 153 Å². The van der Waals surface area contributed by atoms with Gasteiger partial charge in [-0.1, -0.05) is 24.3 Å². The molecule has 0 aliphatic carbocycles. The molecular formula is C22H22N2O2. The van der Waals surface area contributed by atoms with Crippen LogP contribution in [0.5, 0.6) is 5.75 Å². The van der Waals surface area contributed by atoms with Gasteiger partial charge in [0, 0.05) is 35.8 Å². The average Bonchev–Trinajstić information content (AvgIpc) is 3.08. The summed E-state index contributed by atoms with van der Waals surface area (Å²) in [7, 11) is 3.75.